The SMILES string of the molecule is O=C1[C@H]2[C@@H](ON(c3ccccc3)[C@H]2c2ccccc2O)C(=O)N1c1ccccc1Br. The van der Waals surface area contributed by atoms with Crippen LogP contribution in [0.5, 0.6) is 5.75 Å². The van der Waals surface area contributed by atoms with Gasteiger partial charge in [0, 0.05) is 10.0 Å². The summed E-state index contributed by atoms with van der Waals surface area (Å²) in [7, 11) is 0. The lowest BCUT2D eigenvalue weighted by Crippen LogP contribution is -2.37. The van der Waals surface area contributed by atoms with Gasteiger partial charge in [0.15, 0.2) is 6.10 Å². The first-order valence-corrected chi connectivity index (χ1v) is 10.3. The topological polar surface area (TPSA) is 70.1 Å². The third-order valence-electron chi connectivity index (χ3n) is 5.47. The van der Waals surface area contributed by atoms with Crippen molar-refractivity contribution < 1.29 is 19.5 Å². The summed E-state index contributed by atoms with van der Waals surface area (Å²) in [5.41, 5.74) is 1.71. The van der Waals surface area contributed by atoms with Crippen molar-refractivity contribution >= 4 is 39.1 Å². The van der Waals surface area contributed by atoms with Crippen LogP contribution in [0.3, 0.4) is 0 Å². The zero-order valence-corrected chi connectivity index (χ0v) is 17.3. The predicted molar refractivity (Wildman–Crippen MR) is 115 cm³/mol. The molecule has 0 aromatic heterocycles. The van der Waals surface area contributed by atoms with Crippen molar-refractivity contribution in [3.05, 3.63) is 88.9 Å². The number of nitrogens with zero attached hydrogens (tertiary/aromatic N) is 2. The molecular weight excluding hydrogens is 448 g/mol. The maximum absolute atomic E-state index is 13.5. The minimum absolute atomic E-state index is 0.0484. The number of carbonyl (C=O) groups is 2. The normalized spacial score (nSPS) is 23.2. The van der Waals surface area contributed by atoms with E-state index in [0.717, 1.165) is 0 Å². The molecule has 0 bridgehead atoms. The molecule has 0 unspecified atom stereocenters. The quantitative estimate of drug-likeness (QED) is 0.588. The van der Waals surface area contributed by atoms with E-state index in [4.69, 9.17) is 4.84 Å². The molecule has 30 heavy (non-hydrogen) atoms. The number of aromatic hydroxyl groups is 1. The number of hydrogen-bond acceptors (Lipinski definition) is 5. The molecule has 0 aliphatic carbocycles. The molecule has 2 amide bonds. The molecule has 2 heterocycles. The van der Waals surface area contributed by atoms with Crippen LogP contribution < -0.4 is 9.96 Å². The van der Waals surface area contributed by atoms with Crippen LogP contribution in [-0.4, -0.2) is 23.0 Å². The van der Waals surface area contributed by atoms with Gasteiger partial charge in [-0.05, 0) is 46.3 Å². The number of amides is 2. The van der Waals surface area contributed by atoms with Crippen molar-refractivity contribution in [2.24, 2.45) is 5.92 Å². The van der Waals surface area contributed by atoms with E-state index in [0.29, 0.717) is 21.4 Å². The number of para-hydroxylation sites is 3. The fourth-order valence-corrected chi connectivity index (χ4v) is 4.60. The lowest BCUT2D eigenvalue weighted by atomic mass is 9.90. The maximum atomic E-state index is 13.5. The highest BCUT2D eigenvalue weighted by Gasteiger charge is 2.60. The molecular formula is C23H17BrN2O4. The van der Waals surface area contributed by atoms with E-state index in [1.54, 1.807) is 47.5 Å². The Morgan fingerprint density at radius 1 is 0.833 bits per heavy atom. The van der Waals surface area contributed by atoms with Gasteiger partial charge in [0.05, 0.1) is 17.4 Å². The maximum Gasteiger partial charge on any atom is 0.266 e. The van der Waals surface area contributed by atoms with Gasteiger partial charge >= 0.3 is 0 Å². The number of halogens is 1. The van der Waals surface area contributed by atoms with Gasteiger partial charge in [0.25, 0.3) is 5.91 Å². The Bertz CT molecular complexity index is 1140. The van der Waals surface area contributed by atoms with Crippen LogP contribution in [-0.2, 0) is 14.4 Å². The molecule has 6 nitrogen and oxygen atoms in total. The third kappa shape index (κ3) is 2.81. The van der Waals surface area contributed by atoms with Crippen molar-refractivity contribution in [2.45, 2.75) is 12.1 Å². The van der Waals surface area contributed by atoms with Crippen LogP contribution in [0.4, 0.5) is 11.4 Å². The molecule has 2 saturated heterocycles. The molecule has 5 rings (SSSR count). The van der Waals surface area contributed by atoms with Crippen molar-refractivity contribution in [1.82, 2.24) is 0 Å². The first-order chi connectivity index (χ1) is 14.6. The number of phenols is 1. The van der Waals surface area contributed by atoms with E-state index in [9.17, 15) is 14.7 Å². The van der Waals surface area contributed by atoms with Gasteiger partial charge < -0.3 is 5.11 Å². The first kappa shape index (κ1) is 18.8. The molecule has 3 atom stereocenters. The van der Waals surface area contributed by atoms with Gasteiger partial charge in [-0.2, -0.15) is 0 Å². The second-order valence-electron chi connectivity index (χ2n) is 7.18. The summed E-state index contributed by atoms with van der Waals surface area (Å²) in [5.74, 6) is -1.52. The molecule has 3 aromatic rings. The Balaban J connectivity index is 1.62. The summed E-state index contributed by atoms with van der Waals surface area (Å²) in [6, 6.07) is 22.5. The van der Waals surface area contributed by atoms with Gasteiger partial charge in [-0.3, -0.25) is 14.4 Å². The van der Waals surface area contributed by atoms with E-state index in [-0.39, 0.29) is 11.7 Å². The highest BCUT2D eigenvalue weighted by atomic mass is 79.9. The highest BCUT2D eigenvalue weighted by Crippen LogP contribution is 2.49. The summed E-state index contributed by atoms with van der Waals surface area (Å²) >= 11 is 3.42. The Labute approximate surface area is 181 Å². The van der Waals surface area contributed by atoms with Crippen molar-refractivity contribution in [3.63, 3.8) is 0 Å². The number of hydroxylamine groups is 1. The third-order valence-corrected chi connectivity index (χ3v) is 6.15. The van der Waals surface area contributed by atoms with Gasteiger partial charge in [0.2, 0.25) is 5.91 Å². The van der Waals surface area contributed by atoms with Crippen LogP contribution in [0.25, 0.3) is 0 Å². The number of fused-ring (bicyclic) bond motifs is 1. The summed E-state index contributed by atoms with van der Waals surface area (Å²) < 4.78 is 0.644. The number of rotatable bonds is 3. The molecule has 2 aliphatic heterocycles. The standard InChI is InChI=1S/C23H17BrN2O4/c24-16-11-5-6-12-17(16)25-22(28)19-20(15-10-4-7-13-18(15)27)26(30-21(19)23(25)29)14-8-2-1-3-9-14/h1-13,19-21,27H/t19-,20+,21-/m1/s1. The lowest BCUT2D eigenvalue weighted by molar-refractivity contribution is -0.126. The monoisotopic (exact) mass is 464 g/mol. The van der Waals surface area contributed by atoms with E-state index in [1.807, 2.05) is 36.4 Å². The van der Waals surface area contributed by atoms with Crippen LogP contribution in [0.15, 0.2) is 83.3 Å². The molecule has 0 saturated carbocycles. The summed E-state index contributed by atoms with van der Waals surface area (Å²) in [4.78, 5) is 34.0. The number of phenolic OH excluding ortho intramolecular Hbond substituents is 1. The Kier molecular flexibility index (Phi) is 4.56. The van der Waals surface area contributed by atoms with E-state index in [1.165, 1.54) is 4.90 Å². The Morgan fingerprint density at radius 2 is 1.50 bits per heavy atom. The second-order valence-corrected chi connectivity index (χ2v) is 8.03. The van der Waals surface area contributed by atoms with Crippen LogP contribution in [0, 0.1) is 5.92 Å². The van der Waals surface area contributed by atoms with Crippen molar-refractivity contribution in [3.8, 4) is 5.75 Å². The average molecular weight is 465 g/mol. The van der Waals surface area contributed by atoms with Gasteiger partial charge in [0.1, 0.15) is 11.7 Å². The van der Waals surface area contributed by atoms with E-state index < -0.39 is 24.0 Å². The van der Waals surface area contributed by atoms with E-state index >= 15 is 0 Å². The molecule has 3 aromatic carbocycles. The molecule has 0 radical (unpaired) electrons. The zero-order chi connectivity index (χ0) is 20.8. The fourth-order valence-electron chi connectivity index (χ4n) is 4.14. The average Bonchev–Trinajstić information content (AvgIpc) is 3.26. The number of imide groups is 1. The largest absolute Gasteiger partial charge is 0.508 e. The van der Waals surface area contributed by atoms with E-state index in [2.05, 4.69) is 15.9 Å². The molecule has 150 valence electrons. The molecule has 0 spiro atoms. The second kappa shape index (κ2) is 7.27. The van der Waals surface area contributed by atoms with Crippen molar-refractivity contribution in [1.29, 1.82) is 0 Å². The molecule has 2 aliphatic rings. The Morgan fingerprint density at radius 3 is 2.23 bits per heavy atom. The highest BCUT2D eigenvalue weighted by molar-refractivity contribution is 9.10. The van der Waals surface area contributed by atoms with Gasteiger partial charge in [-0.25, -0.2) is 9.96 Å². The molecule has 1 N–H and O–H groups in total. The van der Waals surface area contributed by atoms with Crippen LogP contribution in [0.2, 0.25) is 0 Å². The first-order valence-electron chi connectivity index (χ1n) is 9.49. The van der Waals surface area contributed by atoms with Crippen molar-refractivity contribution in [2.75, 3.05) is 9.96 Å². The summed E-state index contributed by atoms with van der Waals surface area (Å²) in [6.45, 7) is 0. The predicted octanol–water partition coefficient (Wildman–Crippen LogP) is 4.21. The number of benzene rings is 3. The fraction of sp³-hybridized carbons (Fsp3) is 0.130. The minimum Gasteiger partial charge on any atom is -0.508 e. The summed E-state index contributed by atoms with van der Waals surface area (Å²) in [5, 5.41) is 12.1. The number of carbonyl (C=O) groups excluding carboxylic acids is 2. The molecule has 7 heteroatoms. The van der Waals surface area contributed by atoms with Crippen LogP contribution >= 0.6 is 15.9 Å². The van der Waals surface area contributed by atoms with Crippen LogP contribution in [0.1, 0.15) is 11.6 Å². The smallest absolute Gasteiger partial charge is 0.266 e. The zero-order valence-electron chi connectivity index (χ0n) is 15.7. The van der Waals surface area contributed by atoms with Gasteiger partial charge in [-0.1, -0.05) is 48.5 Å². The molecule has 2 fully saturated rings. The lowest BCUT2D eigenvalue weighted by Gasteiger charge is -2.29. The summed E-state index contributed by atoms with van der Waals surface area (Å²) in [6.07, 6.45) is -0.977. The Hall–Kier alpha value is -3.16. The minimum atomic E-state index is -0.977. The number of hydrogen-bond donors (Lipinski definition) is 1. The number of anilines is 2. The van der Waals surface area contributed by atoms with Gasteiger partial charge in [-0.15, -0.1) is 0 Å².